The molecule has 102 valence electrons. The minimum atomic E-state index is 0.236. The number of rotatable bonds is 4. The molecule has 3 nitrogen and oxygen atoms in total. The van der Waals surface area contributed by atoms with Crippen LogP contribution in [0, 0.1) is 17.2 Å². The van der Waals surface area contributed by atoms with Gasteiger partial charge in [0, 0.05) is 12.1 Å². The van der Waals surface area contributed by atoms with Gasteiger partial charge in [0.05, 0.1) is 12.5 Å². The van der Waals surface area contributed by atoms with Gasteiger partial charge >= 0.3 is 0 Å². The van der Waals surface area contributed by atoms with Gasteiger partial charge in [-0.2, -0.15) is 5.26 Å². The zero-order valence-electron chi connectivity index (χ0n) is 11.6. The number of hydrogen-bond acceptors (Lipinski definition) is 3. The lowest BCUT2D eigenvalue weighted by molar-refractivity contribution is 0.125. The van der Waals surface area contributed by atoms with Gasteiger partial charge in [-0.05, 0) is 44.3 Å². The van der Waals surface area contributed by atoms with Crippen molar-refractivity contribution in [2.75, 3.05) is 13.1 Å². The lowest BCUT2D eigenvalue weighted by atomic mass is 9.89. The molecule has 2 rings (SSSR count). The van der Waals surface area contributed by atoms with Gasteiger partial charge < -0.3 is 5.73 Å². The SMILES string of the molecule is CC(N)C1CCN(C(CC#N)c2ccccc2)CC1. The number of nitriles is 1. The van der Waals surface area contributed by atoms with E-state index in [0.29, 0.717) is 12.3 Å². The maximum absolute atomic E-state index is 9.07. The van der Waals surface area contributed by atoms with E-state index in [1.807, 2.05) is 6.07 Å². The maximum Gasteiger partial charge on any atom is 0.0641 e. The van der Waals surface area contributed by atoms with E-state index in [2.05, 4.69) is 42.2 Å². The zero-order valence-corrected chi connectivity index (χ0v) is 11.6. The molecule has 0 bridgehead atoms. The first kappa shape index (κ1) is 14.0. The van der Waals surface area contributed by atoms with Crippen LogP contribution in [0.5, 0.6) is 0 Å². The molecule has 0 aliphatic carbocycles. The molecule has 0 aromatic heterocycles. The highest BCUT2D eigenvalue weighted by Gasteiger charge is 2.27. The summed E-state index contributed by atoms with van der Waals surface area (Å²) in [6, 6.07) is 13.2. The Labute approximate surface area is 116 Å². The van der Waals surface area contributed by atoms with Gasteiger partial charge in [0.2, 0.25) is 0 Å². The zero-order chi connectivity index (χ0) is 13.7. The molecule has 0 amide bonds. The Morgan fingerprint density at radius 3 is 2.47 bits per heavy atom. The molecular formula is C16H23N3. The highest BCUT2D eigenvalue weighted by atomic mass is 15.2. The van der Waals surface area contributed by atoms with Crippen molar-refractivity contribution in [2.45, 2.75) is 38.3 Å². The van der Waals surface area contributed by atoms with Crippen LogP contribution in [0.15, 0.2) is 30.3 Å². The lowest BCUT2D eigenvalue weighted by Crippen LogP contribution is -2.41. The molecule has 2 atom stereocenters. The maximum atomic E-state index is 9.07. The fourth-order valence-electron chi connectivity index (χ4n) is 2.98. The van der Waals surface area contributed by atoms with E-state index in [4.69, 9.17) is 11.0 Å². The Hall–Kier alpha value is -1.37. The monoisotopic (exact) mass is 257 g/mol. The molecule has 1 saturated heterocycles. The van der Waals surface area contributed by atoms with Crippen LogP contribution in [-0.4, -0.2) is 24.0 Å². The third-order valence-corrected chi connectivity index (χ3v) is 4.23. The topological polar surface area (TPSA) is 53.0 Å². The van der Waals surface area contributed by atoms with E-state index >= 15 is 0 Å². The molecule has 19 heavy (non-hydrogen) atoms. The van der Waals surface area contributed by atoms with Gasteiger partial charge in [0.15, 0.2) is 0 Å². The number of nitrogens with zero attached hydrogens (tertiary/aromatic N) is 2. The van der Waals surface area contributed by atoms with E-state index in [9.17, 15) is 0 Å². The van der Waals surface area contributed by atoms with Crippen LogP contribution >= 0.6 is 0 Å². The second-order valence-electron chi connectivity index (χ2n) is 5.52. The average molecular weight is 257 g/mol. The number of nitrogens with two attached hydrogens (primary N) is 1. The minimum Gasteiger partial charge on any atom is -0.328 e. The number of benzene rings is 1. The Balaban J connectivity index is 2.04. The molecule has 1 heterocycles. The smallest absolute Gasteiger partial charge is 0.0641 e. The first-order chi connectivity index (χ1) is 9.22. The summed E-state index contributed by atoms with van der Waals surface area (Å²) >= 11 is 0. The molecule has 2 unspecified atom stereocenters. The molecule has 0 saturated carbocycles. The molecule has 3 heteroatoms. The Kier molecular flexibility index (Phi) is 4.95. The van der Waals surface area contributed by atoms with Gasteiger partial charge in [-0.25, -0.2) is 0 Å². The largest absolute Gasteiger partial charge is 0.328 e. The van der Waals surface area contributed by atoms with Gasteiger partial charge in [0.25, 0.3) is 0 Å². The van der Waals surface area contributed by atoms with Crippen molar-refractivity contribution in [2.24, 2.45) is 11.7 Å². The van der Waals surface area contributed by atoms with Gasteiger partial charge in [0.1, 0.15) is 0 Å². The summed E-state index contributed by atoms with van der Waals surface area (Å²) in [5.41, 5.74) is 7.24. The van der Waals surface area contributed by atoms with Crippen molar-refractivity contribution in [1.82, 2.24) is 4.90 Å². The van der Waals surface area contributed by atoms with Crippen molar-refractivity contribution < 1.29 is 0 Å². The third-order valence-electron chi connectivity index (χ3n) is 4.23. The summed E-state index contributed by atoms with van der Waals surface area (Å²) in [6.45, 7) is 4.20. The summed E-state index contributed by atoms with van der Waals surface area (Å²) in [5, 5.41) is 9.07. The summed E-state index contributed by atoms with van der Waals surface area (Å²) in [4.78, 5) is 2.44. The molecule has 1 aromatic rings. The van der Waals surface area contributed by atoms with E-state index < -0.39 is 0 Å². The van der Waals surface area contributed by atoms with Crippen LogP contribution in [0.25, 0.3) is 0 Å². The number of likely N-dealkylation sites (tertiary alicyclic amines) is 1. The normalized spacial score (nSPS) is 20.7. The quantitative estimate of drug-likeness (QED) is 0.902. The average Bonchev–Trinajstić information content (AvgIpc) is 2.46. The van der Waals surface area contributed by atoms with Crippen LogP contribution in [0.1, 0.15) is 37.8 Å². The van der Waals surface area contributed by atoms with Gasteiger partial charge in [-0.15, -0.1) is 0 Å². The number of piperidine rings is 1. The molecule has 0 spiro atoms. The van der Waals surface area contributed by atoms with E-state index in [1.54, 1.807) is 0 Å². The predicted molar refractivity (Wildman–Crippen MR) is 77.4 cm³/mol. The molecular weight excluding hydrogens is 234 g/mol. The van der Waals surface area contributed by atoms with Crippen LogP contribution in [0.2, 0.25) is 0 Å². The molecule has 1 aromatic carbocycles. The van der Waals surface area contributed by atoms with E-state index in [1.165, 1.54) is 5.56 Å². The predicted octanol–water partition coefficient (Wildman–Crippen LogP) is 2.70. The van der Waals surface area contributed by atoms with Gasteiger partial charge in [-0.3, -0.25) is 4.90 Å². The lowest BCUT2D eigenvalue weighted by Gasteiger charge is -2.38. The first-order valence-electron chi connectivity index (χ1n) is 7.14. The van der Waals surface area contributed by atoms with E-state index in [0.717, 1.165) is 25.9 Å². The minimum absolute atomic E-state index is 0.236. The first-order valence-corrected chi connectivity index (χ1v) is 7.14. The third kappa shape index (κ3) is 3.56. The summed E-state index contributed by atoms with van der Waals surface area (Å²) in [5.74, 6) is 0.634. The Bertz CT molecular complexity index is 413. The highest BCUT2D eigenvalue weighted by molar-refractivity contribution is 5.20. The van der Waals surface area contributed by atoms with Crippen LogP contribution in [-0.2, 0) is 0 Å². The van der Waals surface area contributed by atoms with Crippen LogP contribution < -0.4 is 5.73 Å². The van der Waals surface area contributed by atoms with E-state index in [-0.39, 0.29) is 12.1 Å². The summed E-state index contributed by atoms with van der Waals surface area (Å²) in [7, 11) is 0. The summed E-state index contributed by atoms with van der Waals surface area (Å²) < 4.78 is 0. The van der Waals surface area contributed by atoms with Gasteiger partial charge in [-0.1, -0.05) is 30.3 Å². The fourth-order valence-corrected chi connectivity index (χ4v) is 2.98. The van der Waals surface area contributed by atoms with Crippen LogP contribution in [0.3, 0.4) is 0 Å². The van der Waals surface area contributed by atoms with Crippen molar-refractivity contribution in [3.05, 3.63) is 35.9 Å². The van der Waals surface area contributed by atoms with Crippen LogP contribution in [0.4, 0.5) is 0 Å². The van der Waals surface area contributed by atoms with Crippen molar-refractivity contribution in [1.29, 1.82) is 5.26 Å². The number of hydrogen-bond donors (Lipinski definition) is 1. The Morgan fingerprint density at radius 1 is 1.32 bits per heavy atom. The molecule has 2 N–H and O–H groups in total. The Morgan fingerprint density at radius 2 is 1.95 bits per heavy atom. The molecule has 1 aliphatic rings. The standard InChI is InChI=1S/C16H23N3/c1-13(18)14-8-11-19(12-9-14)16(7-10-17)15-5-3-2-4-6-15/h2-6,13-14,16H,7-9,11-12,18H2,1H3. The second-order valence-corrected chi connectivity index (χ2v) is 5.52. The summed E-state index contributed by atoms with van der Waals surface area (Å²) in [6.07, 6.45) is 2.85. The molecule has 1 fully saturated rings. The molecule has 1 aliphatic heterocycles. The van der Waals surface area contributed by atoms with Crippen molar-refractivity contribution in [3.8, 4) is 6.07 Å². The highest BCUT2D eigenvalue weighted by Crippen LogP contribution is 2.29. The second kappa shape index (κ2) is 6.70. The fraction of sp³-hybridized carbons (Fsp3) is 0.562. The molecule has 0 radical (unpaired) electrons. The van der Waals surface area contributed by atoms with Crippen molar-refractivity contribution >= 4 is 0 Å². The van der Waals surface area contributed by atoms with Crippen molar-refractivity contribution in [3.63, 3.8) is 0 Å².